The number of rotatable bonds is 5. The summed E-state index contributed by atoms with van der Waals surface area (Å²) in [5.74, 6) is 0. The van der Waals surface area contributed by atoms with Gasteiger partial charge in [-0.1, -0.05) is 19.9 Å². The molecule has 102 valence electrons. The first-order valence-corrected chi connectivity index (χ1v) is 7.41. The van der Waals surface area contributed by atoms with Crippen LogP contribution in [0.4, 0.5) is 11.4 Å². The Morgan fingerprint density at radius 2 is 1.78 bits per heavy atom. The van der Waals surface area contributed by atoms with Gasteiger partial charge in [0.05, 0.1) is 11.4 Å². The second-order valence-corrected chi connectivity index (χ2v) is 5.83. The van der Waals surface area contributed by atoms with E-state index >= 15 is 0 Å². The fraction of sp³-hybridized carbons (Fsp3) is 0.500. The number of nitrogens with zero attached hydrogens (tertiary/aromatic N) is 1. The topological polar surface area (TPSA) is 75.4 Å². The van der Waals surface area contributed by atoms with Crippen LogP contribution >= 0.6 is 0 Å². The standard InChI is InChI=1S/C12H21N3O2S/c1-5-15(6-2)18(16,17)14-12-10(4)9(3)7-8-11(12)13/h7-8,14H,5-6,13H2,1-4H3. The summed E-state index contributed by atoms with van der Waals surface area (Å²) in [6.07, 6.45) is 0. The minimum atomic E-state index is -3.53. The van der Waals surface area contributed by atoms with Gasteiger partial charge >= 0.3 is 10.2 Å². The first kappa shape index (κ1) is 14.8. The number of nitrogens with two attached hydrogens (primary N) is 1. The maximum absolute atomic E-state index is 12.1. The van der Waals surface area contributed by atoms with Crippen molar-refractivity contribution in [3.05, 3.63) is 23.3 Å². The van der Waals surface area contributed by atoms with Gasteiger partial charge in [-0.25, -0.2) is 0 Å². The van der Waals surface area contributed by atoms with E-state index in [1.807, 2.05) is 19.9 Å². The van der Waals surface area contributed by atoms with Crippen LogP contribution in [0.25, 0.3) is 0 Å². The third-order valence-electron chi connectivity index (χ3n) is 3.04. The summed E-state index contributed by atoms with van der Waals surface area (Å²) >= 11 is 0. The van der Waals surface area contributed by atoms with Crippen LogP contribution in [0.5, 0.6) is 0 Å². The fourth-order valence-electron chi connectivity index (χ4n) is 1.73. The number of hydrogen-bond donors (Lipinski definition) is 2. The maximum atomic E-state index is 12.1. The van der Waals surface area contributed by atoms with Gasteiger partial charge in [0, 0.05) is 13.1 Å². The van der Waals surface area contributed by atoms with Crippen molar-refractivity contribution in [1.29, 1.82) is 0 Å². The van der Waals surface area contributed by atoms with Crippen molar-refractivity contribution in [2.24, 2.45) is 0 Å². The normalized spacial score (nSPS) is 11.8. The predicted molar refractivity (Wildman–Crippen MR) is 75.8 cm³/mol. The minimum absolute atomic E-state index is 0.427. The molecule has 1 rings (SSSR count). The third kappa shape index (κ3) is 2.94. The number of aryl methyl sites for hydroxylation is 1. The molecule has 0 radical (unpaired) electrons. The van der Waals surface area contributed by atoms with Gasteiger partial charge in [-0.15, -0.1) is 0 Å². The zero-order chi connectivity index (χ0) is 13.9. The SMILES string of the molecule is CCN(CC)S(=O)(=O)Nc1c(N)ccc(C)c1C. The van der Waals surface area contributed by atoms with Crippen molar-refractivity contribution in [3.8, 4) is 0 Å². The highest BCUT2D eigenvalue weighted by atomic mass is 32.2. The molecule has 18 heavy (non-hydrogen) atoms. The molecule has 0 aromatic heterocycles. The molecule has 0 heterocycles. The molecule has 0 spiro atoms. The molecule has 0 unspecified atom stereocenters. The summed E-state index contributed by atoms with van der Waals surface area (Å²) in [7, 11) is -3.53. The van der Waals surface area contributed by atoms with Crippen molar-refractivity contribution in [3.63, 3.8) is 0 Å². The Morgan fingerprint density at radius 3 is 2.28 bits per heavy atom. The summed E-state index contributed by atoms with van der Waals surface area (Å²) < 4.78 is 28.2. The highest BCUT2D eigenvalue weighted by Crippen LogP contribution is 2.27. The maximum Gasteiger partial charge on any atom is 0.301 e. The lowest BCUT2D eigenvalue weighted by Gasteiger charge is -2.21. The molecule has 1 aromatic rings. The van der Waals surface area contributed by atoms with Crippen LogP contribution in [-0.2, 0) is 10.2 Å². The Kier molecular flexibility index (Phi) is 4.59. The van der Waals surface area contributed by atoms with Gasteiger partial charge in [0.25, 0.3) is 0 Å². The lowest BCUT2D eigenvalue weighted by atomic mass is 10.1. The number of nitrogens with one attached hydrogen (secondary N) is 1. The van der Waals surface area contributed by atoms with Gasteiger partial charge in [0.2, 0.25) is 0 Å². The molecule has 1 aromatic carbocycles. The van der Waals surface area contributed by atoms with Gasteiger partial charge in [-0.2, -0.15) is 12.7 Å². The lowest BCUT2D eigenvalue weighted by Crippen LogP contribution is -2.35. The molecule has 0 aliphatic heterocycles. The molecule has 0 saturated heterocycles. The molecule has 0 bridgehead atoms. The quantitative estimate of drug-likeness (QED) is 0.803. The Bertz CT molecular complexity index is 522. The molecule has 0 aliphatic carbocycles. The molecule has 3 N–H and O–H groups in total. The zero-order valence-electron chi connectivity index (χ0n) is 11.3. The summed E-state index contributed by atoms with van der Waals surface area (Å²) in [6, 6.07) is 3.59. The van der Waals surface area contributed by atoms with Gasteiger partial charge in [0.15, 0.2) is 0 Å². The molecule has 0 fully saturated rings. The van der Waals surface area contributed by atoms with E-state index in [2.05, 4.69) is 4.72 Å². The second kappa shape index (κ2) is 5.58. The molecule has 0 amide bonds. The van der Waals surface area contributed by atoms with Crippen LogP contribution in [0.15, 0.2) is 12.1 Å². The number of benzene rings is 1. The highest BCUT2D eigenvalue weighted by Gasteiger charge is 2.20. The molecule has 5 nitrogen and oxygen atoms in total. The molecule has 6 heteroatoms. The number of hydrogen-bond acceptors (Lipinski definition) is 3. The van der Waals surface area contributed by atoms with Gasteiger partial charge in [-0.3, -0.25) is 4.72 Å². The number of nitrogen functional groups attached to an aromatic ring is 1. The van der Waals surface area contributed by atoms with E-state index in [9.17, 15) is 8.42 Å². The van der Waals surface area contributed by atoms with Crippen LogP contribution in [0.2, 0.25) is 0 Å². The van der Waals surface area contributed by atoms with E-state index < -0.39 is 10.2 Å². The van der Waals surface area contributed by atoms with Gasteiger partial charge in [-0.05, 0) is 31.0 Å². The van der Waals surface area contributed by atoms with E-state index in [0.29, 0.717) is 24.5 Å². The molecular weight excluding hydrogens is 250 g/mol. The van der Waals surface area contributed by atoms with E-state index in [1.54, 1.807) is 19.9 Å². The molecule has 0 saturated carbocycles. The zero-order valence-corrected chi connectivity index (χ0v) is 12.1. The van der Waals surface area contributed by atoms with Gasteiger partial charge in [0.1, 0.15) is 0 Å². The van der Waals surface area contributed by atoms with E-state index in [1.165, 1.54) is 4.31 Å². The van der Waals surface area contributed by atoms with Crippen LogP contribution < -0.4 is 10.5 Å². The summed E-state index contributed by atoms with van der Waals surface area (Å²) in [6.45, 7) is 8.23. The monoisotopic (exact) mass is 271 g/mol. The number of anilines is 2. The summed E-state index contributed by atoms with van der Waals surface area (Å²) in [4.78, 5) is 0. The van der Waals surface area contributed by atoms with E-state index in [4.69, 9.17) is 5.73 Å². The van der Waals surface area contributed by atoms with Crippen LogP contribution in [0.1, 0.15) is 25.0 Å². The smallest absolute Gasteiger partial charge is 0.301 e. The van der Waals surface area contributed by atoms with Crippen LogP contribution in [0, 0.1) is 13.8 Å². The average Bonchev–Trinajstić information content (AvgIpc) is 2.31. The van der Waals surface area contributed by atoms with Crippen molar-refractivity contribution in [2.75, 3.05) is 23.5 Å². The van der Waals surface area contributed by atoms with E-state index in [-0.39, 0.29) is 0 Å². The Labute approximate surface area is 109 Å². The van der Waals surface area contributed by atoms with Crippen molar-refractivity contribution in [2.45, 2.75) is 27.7 Å². The molecule has 0 atom stereocenters. The first-order chi connectivity index (χ1) is 8.33. The Hall–Kier alpha value is -1.27. The minimum Gasteiger partial charge on any atom is -0.397 e. The van der Waals surface area contributed by atoms with Gasteiger partial charge < -0.3 is 5.73 Å². The molecule has 0 aliphatic rings. The average molecular weight is 271 g/mol. The summed E-state index contributed by atoms with van der Waals surface area (Å²) in [5.41, 5.74) is 8.60. The van der Waals surface area contributed by atoms with Crippen LogP contribution in [0.3, 0.4) is 0 Å². The Balaban J connectivity index is 3.16. The largest absolute Gasteiger partial charge is 0.397 e. The first-order valence-electron chi connectivity index (χ1n) is 5.97. The highest BCUT2D eigenvalue weighted by molar-refractivity contribution is 7.90. The van der Waals surface area contributed by atoms with Crippen molar-refractivity contribution in [1.82, 2.24) is 4.31 Å². The lowest BCUT2D eigenvalue weighted by molar-refractivity contribution is 0.449. The molecular formula is C12H21N3O2S. The van der Waals surface area contributed by atoms with Crippen molar-refractivity contribution < 1.29 is 8.42 Å². The van der Waals surface area contributed by atoms with E-state index in [0.717, 1.165) is 11.1 Å². The summed E-state index contributed by atoms with van der Waals surface area (Å²) in [5, 5.41) is 0. The third-order valence-corrected chi connectivity index (χ3v) is 4.70. The Morgan fingerprint density at radius 1 is 1.22 bits per heavy atom. The van der Waals surface area contributed by atoms with Crippen molar-refractivity contribution >= 4 is 21.6 Å². The predicted octanol–water partition coefficient (Wildman–Crippen LogP) is 1.88. The second-order valence-electron chi connectivity index (χ2n) is 4.16. The fourth-order valence-corrected chi connectivity index (χ4v) is 3.07. The van der Waals surface area contributed by atoms with Crippen LogP contribution in [-0.4, -0.2) is 25.8 Å².